The number of rotatable bonds is 4. The average Bonchev–Trinajstić information content (AvgIpc) is 3.30. The highest BCUT2D eigenvalue weighted by molar-refractivity contribution is 7.80. The van der Waals surface area contributed by atoms with Crippen LogP contribution in [0.5, 0.6) is 0 Å². The first-order chi connectivity index (χ1) is 14.4. The summed E-state index contributed by atoms with van der Waals surface area (Å²) < 4.78 is 15.1. The van der Waals surface area contributed by atoms with E-state index < -0.39 is 11.7 Å². The third kappa shape index (κ3) is 4.05. The van der Waals surface area contributed by atoms with Crippen LogP contribution < -0.4 is 10.6 Å². The lowest BCUT2D eigenvalue weighted by Crippen LogP contribution is -2.34. The summed E-state index contributed by atoms with van der Waals surface area (Å²) in [5.74, 6) is -0.140. The number of halogens is 1. The van der Waals surface area contributed by atoms with Crippen molar-refractivity contribution in [3.05, 3.63) is 65.2 Å². The zero-order valence-electron chi connectivity index (χ0n) is 16.1. The molecule has 30 heavy (non-hydrogen) atoms. The molecule has 10 heteroatoms. The summed E-state index contributed by atoms with van der Waals surface area (Å²) in [5.41, 5.74) is 2.82. The molecule has 0 aliphatic carbocycles. The standard InChI is InChI=1S/C20H17FN6OS2/c1-3-16-24-25-20-27(16)26-18(30-20)13-7-8-15(11(2)9-13)22-19(29)23-17(28)12-5-4-6-14(21)10-12/h4-10H,3H2,1-2H3,(H2,22,23,28,29). The molecule has 0 spiro atoms. The van der Waals surface area contributed by atoms with Gasteiger partial charge in [0.1, 0.15) is 10.8 Å². The second kappa shape index (κ2) is 8.25. The fraction of sp³-hybridized carbons (Fsp3) is 0.150. The molecular weight excluding hydrogens is 423 g/mol. The van der Waals surface area contributed by atoms with Gasteiger partial charge in [-0.15, -0.1) is 10.2 Å². The van der Waals surface area contributed by atoms with Gasteiger partial charge in [-0.1, -0.05) is 24.3 Å². The number of aromatic nitrogens is 4. The third-order valence-electron chi connectivity index (χ3n) is 4.41. The van der Waals surface area contributed by atoms with Gasteiger partial charge < -0.3 is 5.32 Å². The van der Waals surface area contributed by atoms with Gasteiger partial charge in [-0.3, -0.25) is 10.1 Å². The van der Waals surface area contributed by atoms with Gasteiger partial charge in [0.25, 0.3) is 5.91 Å². The predicted molar refractivity (Wildman–Crippen MR) is 118 cm³/mol. The van der Waals surface area contributed by atoms with Gasteiger partial charge in [0.05, 0.1) is 0 Å². The minimum atomic E-state index is -0.482. The Labute approximate surface area is 181 Å². The van der Waals surface area contributed by atoms with Crippen LogP contribution in [0.3, 0.4) is 0 Å². The normalized spacial score (nSPS) is 10.9. The van der Waals surface area contributed by atoms with Crippen molar-refractivity contribution < 1.29 is 9.18 Å². The number of benzene rings is 2. The van der Waals surface area contributed by atoms with Crippen LogP contribution in [0.2, 0.25) is 0 Å². The monoisotopic (exact) mass is 440 g/mol. The average molecular weight is 441 g/mol. The quantitative estimate of drug-likeness (QED) is 0.467. The summed E-state index contributed by atoms with van der Waals surface area (Å²) in [5, 5.41) is 19.4. The number of nitrogens with one attached hydrogen (secondary N) is 2. The Kier molecular flexibility index (Phi) is 5.51. The molecule has 7 nitrogen and oxygen atoms in total. The highest BCUT2D eigenvalue weighted by Crippen LogP contribution is 2.28. The Morgan fingerprint density at radius 2 is 2.07 bits per heavy atom. The van der Waals surface area contributed by atoms with Gasteiger partial charge in [0.15, 0.2) is 10.9 Å². The number of hydrogen-bond acceptors (Lipinski definition) is 6. The van der Waals surface area contributed by atoms with E-state index in [0.29, 0.717) is 0 Å². The van der Waals surface area contributed by atoms with Crippen molar-refractivity contribution in [3.63, 3.8) is 0 Å². The van der Waals surface area contributed by atoms with Crippen LogP contribution in [0.25, 0.3) is 15.5 Å². The molecule has 2 N–H and O–H groups in total. The van der Waals surface area contributed by atoms with E-state index in [1.54, 1.807) is 4.52 Å². The van der Waals surface area contributed by atoms with E-state index in [1.165, 1.54) is 29.5 Å². The van der Waals surface area contributed by atoms with E-state index in [9.17, 15) is 9.18 Å². The molecule has 0 atom stereocenters. The molecule has 0 fully saturated rings. The van der Waals surface area contributed by atoms with Crippen LogP contribution in [0.4, 0.5) is 10.1 Å². The number of thiocarbonyl (C=S) groups is 1. The number of nitrogens with zero attached hydrogens (tertiary/aromatic N) is 4. The lowest BCUT2D eigenvalue weighted by Gasteiger charge is -2.12. The second-order valence-electron chi connectivity index (χ2n) is 6.52. The first-order valence-electron chi connectivity index (χ1n) is 9.14. The van der Waals surface area contributed by atoms with Gasteiger partial charge in [0, 0.05) is 23.2 Å². The van der Waals surface area contributed by atoms with E-state index >= 15 is 0 Å². The molecule has 2 aromatic heterocycles. The van der Waals surface area contributed by atoms with E-state index in [-0.39, 0.29) is 10.7 Å². The maximum Gasteiger partial charge on any atom is 0.257 e. The summed E-state index contributed by atoms with van der Waals surface area (Å²) >= 11 is 6.69. The first-order valence-corrected chi connectivity index (χ1v) is 10.4. The van der Waals surface area contributed by atoms with Gasteiger partial charge >= 0.3 is 0 Å². The summed E-state index contributed by atoms with van der Waals surface area (Å²) in [7, 11) is 0. The number of anilines is 1. The number of amides is 1. The first kappa shape index (κ1) is 20.0. The molecule has 4 aromatic rings. The molecular formula is C20H17FN6OS2. The molecule has 4 rings (SSSR count). The maximum atomic E-state index is 13.3. The number of carbonyl (C=O) groups is 1. The minimum Gasteiger partial charge on any atom is -0.332 e. The summed E-state index contributed by atoms with van der Waals surface area (Å²) in [6.45, 7) is 3.94. The van der Waals surface area contributed by atoms with Gasteiger partial charge in [-0.2, -0.15) is 9.61 Å². The Balaban J connectivity index is 1.48. The van der Waals surface area contributed by atoms with Crippen molar-refractivity contribution in [2.45, 2.75) is 20.3 Å². The Morgan fingerprint density at radius 1 is 1.23 bits per heavy atom. The molecule has 1 amide bonds. The predicted octanol–water partition coefficient (Wildman–Crippen LogP) is 3.99. The van der Waals surface area contributed by atoms with E-state index in [0.717, 1.165) is 45.1 Å². The fourth-order valence-electron chi connectivity index (χ4n) is 2.89. The summed E-state index contributed by atoms with van der Waals surface area (Å²) in [4.78, 5) is 13.0. The number of aryl methyl sites for hydroxylation is 2. The fourth-order valence-corrected chi connectivity index (χ4v) is 3.95. The topological polar surface area (TPSA) is 84.2 Å². The van der Waals surface area contributed by atoms with Crippen LogP contribution >= 0.6 is 23.6 Å². The van der Waals surface area contributed by atoms with Gasteiger partial charge in [-0.05, 0) is 61.1 Å². The zero-order valence-corrected chi connectivity index (χ0v) is 17.8. The van der Waals surface area contributed by atoms with E-state index in [2.05, 4.69) is 25.9 Å². The van der Waals surface area contributed by atoms with Crippen molar-refractivity contribution in [3.8, 4) is 10.6 Å². The van der Waals surface area contributed by atoms with Crippen LogP contribution in [-0.4, -0.2) is 30.8 Å². The molecule has 0 saturated heterocycles. The lowest BCUT2D eigenvalue weighted by atomic mass is 10.1. The summed E-state index contributed by atoms with van der Waals surface area (Å²) in [6, 6.07) is 11.2. The smallest absolute Gasteiger partial charge is 0.257 e. The zero-order chi connectivity index (χ0) is 21.3. The van der Waals surface area contributed by atoms with Crippen LogP contribution in [0.15, 0.2) is 42.5 Å². The largest absolute Gasteiger partial charge is 0.332 e. The number of hydrogen-bond donors (Lipinski definition) is 2. The molecule has 0 aliphatic heterocycles. The Morgan fingerprint density at radius 3 is 2.80 bits per heavy atom. The Bertz CT molecular complexity index is 1270. The summed E-state index contributed by atoms with van der Waals surface area (Å²) in [6.07, 6.45) is 0.755. The molecule has 2 aromatic carbocycles. The molecule has 0 saturated carbocycles. The van der Waals surface area contributed by atoms with Crippen LogP contribution in [-0.2, 0) is 6.42 Å². The Hall–Kier alpha value is -3.24. The molecule has 0 aliphatic rings. The second-order valence-corrected chi connectivity index (χ2v) is 7.88. The van der Waals surface area contributed by atoms with E-state index in [1.807, 2.05) is 32.0 Å². The van der Waals surface area contributed by atoms with Gasteiger partial charge in [0.2, 0.25) is 4.96 Å². The van der Waals surface area contributed by atoms with Crippen molar-refractivity contribution >= 4 is 45.2 Å². The number of carbonyl (C=O) groups excluding carboxylic acids is 1. The van der Waals surface area contributed by atoms with Crippen molar-refractivity contribution in [1.82, 2.24) is 25.1 Å². The molecule has 0 unspecified atom stereocenters. The van der Waals surface area contributed by atoms with Crippen molar-refractivity contribution in [2.24, 2.45) is 0 Å². The SMILES string of the molecule is CCc1nnc2sc(-c3ccc(NC(=S)NC(=O)c4cccc(F)c4)c(C)c3)nn12. The third-order valence-corrected chi connectivity index (χ3v) is 5.56. The lowest BCUT2D eigenvalue weighted by molar-refractivity contribution is 0.0977. The molecule has 0 radical (unpaired) electrons. The molecule has 0 bridgehead atoms. The van der Waals surface area contributed by atoms with Crippen LogP contribution in [0.1, 0.15) is 28.7 Å². The molecule has 152 valence electrons. The number of fused-ring (bicyclic) bond motifs is 1. The molecule has 2 heterocycles. The van der Waals surface area contributed by atoms with Crippen LogP contribution in [0, 0.1) is 12.7 Å². The van der Waals surface area contributed by atoms with Crippen molar-refractivity contribution in [2.75, 3.05) is 5.32 Å². The van der Waals surface area contributed by atoms with Crippen molar-refractivity contribution in [1.29, 1.82) is 0 Å². The van der Waals surface area contributed by atoms with E-state index in [4.69, 9.17) is 12.2 Å². The maximum absolute atomic E-state index is 13.3. The highest BCUT2D eigenvalue weighted by atomic mass is 32.1. The highest BCUT2D eigenvalue weighted by Gasteiger charge is 2.14. The van der Waals surface area contributed by atoms with Gasteiger partial charge in [-0.25, -0.2) is 4.39 Å². The minimum absolute atomic E-state index is 0.131.